The standard InChI is InChI=1S/C26H42O4/c1-6-18-22-13-17(28)9-11-26(22,5)21-10-12-25(4)19(15(2)14-30-16(3)27)7-8-20(25)23(21)24(18)29/h15,18-24,29H,6-14H2,1-5H3/t15-,18-,19-,20?,21?,22?,23?,24+,25-,26-/m1/s1. The molecule has 10 atom stereocenters. The van der Waals surface area contributed by atoms with Crippen molar-refractivity contribution in [2.24, 2.45) is 52.3 Å². The molecule has 4 rings (SSSR count). The van der Waals surface area contributed by atoms with Gasteiger partial charge in [0.2, 0.25) is 0 Å². The van der Waals surface area contributed by atoms with Gasteiger partial charge in [-0.3, -0.25) is 9.59 Å². The van der Waals surface area contributed by atoms with E-state index in [9.17, 15) is 14.7 Å². The Hall–Kier alpha value is -0.900. The number of carbonyl (C=O) groups excluding carboxylic acids is 2. The Morgan fingerprint density at radius 2 is 1.83 bits per heavy atom. The van der Waals surface area contributed by atoms with Crippen LogP contribution in [-0.2, 0) is 14.3 Å². The number of ether oxygens (including phenoxy) is 1. The zero-order chi connectivity index (χ0) is 21.8. The van der Waals surface area contributed by atoms with Gasteiger partial charge in [0.25, 0.3) is 0 Å². The maximum absolute atomic E-state index is 12.3. The third kappa shape index (κ3) is 3.27. The van der Waals surface area contributed by atoms with Crippen molar-refractivity contribution in [3.05, 3.63) is 0 Å². The largest absolute Gasteiger partial charge is 0.466 e. The van der Waals surface area contributed by atoms with Crippen molar-refractivity contribution in [1.82, 2.24) is 0 Å². The first-order valence-electron chi connectivity index (χ1n) is 12.5. The molecule has 0 aromatic heterocycles. The fraction of sp³-hybridized carbons (Fsp3) is 0.923. The van der Waals surface area contributed by atoms with Crippen LogP contribution in [0.1, 0.15) is 86.0 Å². The first-order valence-corrected chi connectivity index (χ1v) is 12.5. The van der Waals surface area contributed by atoms with Crippen molar-refractivity contribution < 1.29 is 19.4 Å². The first-order chi connectivity index (χ1) is 14.1. The van der Waals surface area contributed by atoms with E-state index in [-0.39, 0.29) is 28.8 Å². The molecule has 1 N–H and O–H groups in total. The van der Waals surface area contributed by atoms with E-state index in [1.807, 2.05) is 0 Å². The molecular weight excluding hydrogens is 376 g/mol. The van der Waals surface area contributed by atoms with Crippen LogP contribution in [0.4, 0.5) is 0 Å². The summed E-state index contributed by atoms with van der Waals surface area (Å²) in [5, 5.41) is 11.7. The van der Waals surface area contributed by atoms with Crippen LogP contribution in [-0.4, -0.2) is 29.6 Å². The van der Waals surface area contributed by atoms with Crippen molar-refractivity contribution in [2.45, 2.75) is 92.1 Å². The number of esters is 1. The lowest BCUT2D eigenvalue weighted by molar-refractivity contribution is -0.195. The fourth-order valence-corrected chi connectivity index (χ4v) is 9.11. The summed E-state index contributed by atoms with van der Waals surface area (Å²) >= 11 is 0. The van der Waals surface area contributed by atoms with Gasteiger partial charge in [-0.05, 0) is 84.4 Å². The Balaban J connectivity index is 1.62. The van der Waals surface area contributed by atoms with E-state index in [2.05, 4.69) is 27.7 Å². The highest BCUT2D eigenvalue weighted by atomic mass is 16.5. The minimum Gasteiger partial charge on any atom is -0.466 e. The van der Waals surface area contributed by atoms with Gasteiger partial charge >= 0.3 is 5.97 Å². The van der Waals surface area contributed by atoms with Crippen molar-refractivity contribution in [1.29, 1.82) is 0 Å². The molecule has 0 bridgehead atoms. The van der Waals surface area contributed by atoms with Crippen LogP contribution < -0.4 is 0 Å². The second kappa shape index (κ2) is 7.90. The Labute approximate surface area is 182 Å². The number of aliphatic hydroxyl groups excluding tert-OH is 1. The van der Waals surface area contributed by atoms with E-state index in [1.54, 1.807) is 0 Å². The van der Waals surface area contributed by atoms with Gasteiger partial charge in [-0.25, -0.2) is 0 Å². The topological polar surface area (TPSA) is 63.6 Å². The second-order valence-electron chi connectivity index (χ2n) is 11.7. The summed E-state index contributed by atoms with van der Waals surface area (Å²) in [4.78, 5) is 23.7. The number of ketones is 1. The Morgan fingerprint density at radius 1 is 1.13 bits per heavy atom. The molecule has 0 aliphatic heterocycles. The monoisotopic (exact) mass is 418 g/mol. The third-order valence-corrected chi connectivity index (χ3v) is 10.5. The zero-order valence-corrected chi connectivity index (χ0v) is 19.7. The number of rotatable bonds is 4. The number of fused-ring (bicyclic) bond motifs is 5. The summed E-state index contributed by atoms with van der Waals surface area (Å²) < 4.78 is 5.38. The quantitative estimate of drug-likeness (QED) is 0.651. The molecule has 0 radical (unpaired) electrons. The van der Waals surface area contributed by atoms with Crippen LogP contribution >= 0.6 is 0 Å². The summed E-state index contributed by atoms with van der Waals surface area (Å²) in [7, 11) is 0. The highest BCUT2D eigenvalue weighted by Gasteiger charge is 2.64. The third-order valence-electron chi connectivity index (χ3n) is 10.5. The van der Waals surface area contributed by atoms with E-state index in [0.717, 1.165) is 19.3 Å². The average Bonchev–Trinajstić information content (AvgIpc) is 3.05. The van der Waals surface area contributed by atoms with E-state index >= 15 is 0 Å². The van der Waals surface area contributed by atoms with Gasteiger partial charge < -0.3 is 9.84 Å². The van der Waals surface area contributed by atoms with Crippen LogP contribution in [0.2, 0.25) is 0 Å². The lowest BCUT2D eigenvalue weighted by Gasteiger charge is -2.64. The number of carbonyl (C=O) groups is 2. The van der Waals surface area contributed by atoms with Gasteiger partial charge in [0.15, 0.2) is 0 Å². The summed E-state index contributed by atoms with van der Waals surface area (Å²) in [5.41, 5.74) is 0.412. The van der Waals surface area contributed by atoms with Gasteiger partial charge in [-0.1, -0.05) is 34.1 Å². The number of hydrogen-bond acceptors (Lipinski definition) is 4. The van der Waals surface area contributed by atoms with Crippen molar-refractivity contribution in [3.63, 3.8) is 0 Å². The van der Waals surface area contributed by atoms with Gasteiger partial charge in [-0.15, -0.1) is 0 Å². The number of hydrogen-bond donors (Lipinski definition) is 1. The maximum atomic E-state index is 12.3. The van der Waals surface area contributed by atoms with Crippen LogP contribution in [0.5, 0.6) is 0 Å². The lowest BCUT2D eigenvalue weighted by Crippen LogP contribution is -2.62. The summed E-state index contributed by atoms with van der Waals surface area (Å²) in [6.07, 6.45) is 7.83. The van der Waals surface area contributed by atoms with E-state index in [0.29, 0.717) is 54.3 Å². The zero-order valence-electron chi connectivity index (χ0n) is 19.7. The number of Topliss-reactive ketones (excluding diaryl/α,β-unsaturated/α-hetero) is 1. The molecule has 170 valence electrons. The molecule has 30 heavy (non-hydrogen) atoms. The molecule has 4 aliphatic rings. The van der Waals surface area contributed by atoms with E-state index in [1.165, 1.54) is 32.6 Å². The molecule has 4 nitrogen and oxygen atoms in total. The minimum absolute atomic E-state index is 0.190. The predicted molar refractivity (Wildman–Crippen MR) is 117 cm³/mol. The minimum atomic E-state index is -0.281. The lowest BCUT2D eigenvalue weighted by atomic mass is 9.41. The highest BCUT2D eigenvalue weighted by molar-refractivity contribution is 5.79. The van der Waals surface area contributed by atoms with Crippen molar-refractivity contribution in [2.75, 3.05) is 6.61 Å². The van der Waals surface area contributed by atoms with Crippen LogP contribution in [0.3, 0.4) is 0 Å². The Bertz CT molecular complexity index is 689. The molecule has 4 aliphatic carbocycles. The van der Waals surface area contributed by atoms with Crippen molar-refractivity contribution in [3.8, 4) is 0 Å². The summed E-state index contributed by atoms with van der Waals surface area (Å²) in [6, 6.07) is 0. The molecule has 0 heterocycles. The molecular formula is C26H42O4. The van der Waals surface area contributed by atoms with Crippen LogP contribution in [0.15, 0.2) is 0 Å². The van der Waals surface area contributed by atoms with E-state index in [4.69, 9.17) is 4.74 Å². The van der Waals surface area contributed by atoms with Crippen molar-refractivity contribution >= 4 is 11.8 Å². The molecule has 4 fully saturated rings. The van der Waals surface area contributed by atoms with Gasteiger partial charge in [-0.2, -0.15) is 0 Å². The molecule has 4 saturated carbocycles. The maximum Gasteiger partial charge on any atom is 0.302 e. The number of aliphatic hydroxyl groups is 1. The van der Waals surface area contributed by atoms with Crippen LogP contribution in [0.25, 0.3) is 0 Å². The summed E-state index contributed by atoms with van der Waals surface area (Å²) in [6.45, 7) is 11.4. The normalized spacial score (nSPS) is 49.0. The smallest absolute Gasteiger partial charge is 0.302 e. The van der Waals surface area contributed by atoms with Gasteiger partial charge in [0.05, 0.1) is 12.7 Å². The molecule has 0 amide bonds. The summed E-state index contributed by atoms with van der Waals surface area (Å²) in [5.74, 6) is 3.16. The van der Waals surface area contributed by atoms with E-state index < -0.39 is 0 Å². The average molecular weight is 419 g/mol. The molecule has 4 heteroatoms. The highest BCUT2D eigenvalue weighted by Crippen LogP contribution is 2.69. The van der Waals surface area contributed by atoms with Gasteiger partial charge in [0.1, 0.15) is 5.78 Å². The first kappa shape index (κ1) is 22.3. The molecule has 0 aromatic rings. The molecule has 0 saturated heterocycles. The SMILES string of the molecule is CC[C@@H]1C2CC(=O)CC[C@]2(C)C2CC[C@@]3(C)C(CC[C@@H]3[C@H](C)COC(C)=O)C2[C@H]1O. The van der Waals surface area contributed by atoms with Crippen LogP contribution in [0, 0.1) is 52.3 Å². The predicted octanol–water partition coefficient (Wildman–Crippen LogP) is 5.02. The molecule has 0 aromatic carbocycles. The fourth-order valence-electron chi connectivity index (χ4n) is 9.11. The second-order valence-corrected chi connectivity index (χ2v) is 11.7. The molecule has 4 unspecified atom stereocenters. The molecule has 0 spiro atoms. The Kier molecular flexibility index (Phi) is 5.87. The Morgan fingerprint density at radius 3 is 2.50 bits per heavy atom. The van der Waals surface area contributed by atoms with Gasteiger partial charge in [0, 0.05) is 19.8 Å².